The second-order valence-corrected chi connectivity index (χ2v) is 5.99. The van der Waals surface area contributed by atoms with Crippen molar-refractivity contribution in [3.63, 3.8) is 0 Å². The lowest BCUT2D eigenvalue weighted by Gasteiger charge is -2.37. The first-order chi connectivity index (χ1) is 8.71. The van der Waals surface area contributed by atoms with E-state index in [-0.39, 0.29) is 0 Å². The topological polar surface area (TPSA) is 9.23 Å². The van der Waals surface area contributed by atoms with E-state index in [0.29, 0.717) is 0 Å². The van der Waals surface area contributed by atoms with Crippen LogP contribution in [0.5, 0.6) is 0 Å². The average Bonchev–Trinajstić information content (AvgIpc) is 2.10. The zero-order valence-corrected chi connectivity index (χ0v) is 13.0. The first-order valence-corrected chi connectivity index (χ1v) is 6.21. The van der Waals surface area contributed by atoms with Crippen molar-refractivity contribution in [2.24, 2.45) is 0 Å². The fourth-order valence-electron chi connectivity index (χ4n) is 0.682. The van der Waals surface area contributed by atoms with Crippen molar-refractivity contribution in [1.82, 2.24) is 0 Å². The Hall–Kier alpha value is 0.580. The maximum absolute atomic E-state index is 13.3. The van der Waals surface area contributed by atoms with Gasteiger partial charge in [0.2, 0.25) is 0 Å². The van der Waals surface area contributed by atoms with Crippen LogP contribution in [0.25, 0.3) is 0 Å². The molecule has 0 atom stereocenters. The molecule has 0 aliphatic rings. The molecular formula is C6F12I2O. The average molecular weight is 570 g/mol. The highest BCUT2D eigenvalue weighted by Crippen LogP contribution is 2.57. The third kappa shape index (κ3) is 3.92. The molecule has 0 aromatic carbocycles. The highest BCUT2D eigenvalue weighted by Gasteiger charge is 2.81. The van der Waals surface area contributed by atoms with Gasteiger partial charge in [-0.3, -0.25) is 4.74 Å². The summed E-state index contributed by atoms with van der Waals surface area (Å²) in [5.74, 6) is -13.3. The third-order valence-electron chi connectivity index (χ3n) is 1.72. The Morgan fingerprint density at radius 1 is 0.571 bits per heavy atom. The van der Waals surface area contributed by atoms with Crippen LogP contribution < -0.4 is 0 Å². The lowest BCUT2D eigenvalue weighted by molar-refractivity contribution is -0.477. The van der Waals surface area contributed by atoms with Gasteiger partial charge in [0.15, 0.2) is 0 Å². The summed E-state index contributed by atoms with van der Waals surface area (Å²) in [4.78, 5) is 0. The standard InChI is InChI=1S/C6F12I2O/c7-1(8,3(10,11)12)6(17,18)21-2(9,4(13,14)19)5(15,16)20. The van der Waals surface area contributed by atoms with Crippen LogP contribution in [0.3, 0.4) is 0 Å². The maximum Gasteiger partial charge on any atom is 0.462 e. The minimum atomic E-state index is -7.19. The summed E-state index contributed by atoms with van der Waals surface area (Å²) in [6.45, 7) is 0. The summed E-state index contributed by atoms with van der Waals surface area (Å²) in [6.07, 6.45) is -14.1. The molecular weight excluding hydrogens is 570 g/mol. The van der Waals surface area contributed by atoms with Gasteiger partial charge in [-0.2, -0.15) is 52.7 Å². The summed E-state index contributed by atoms with van der Waals surface area (Å²) < 4.78 is 140. The van der Waals surface area contributed by atoms with Gasteiger partial charge in [0.05, 0.1) is 0 Å². The Labute approximate surface area is 134 Å². The van der Waals surface area contributed by atoms with Gasteiger partial charge in [-0.15, -0.1) is 0 Å². The van der Waals surface area contributed by atoms with Crippen LogP contribution in [0, 0.1) is 0 Å². The molecule has 0 spiro atoms. The van der Waals surface area contributed by atoms with E-state index >= 15 is 0 Å². The highest BCUT2D eigenvalue weighted by atomic mass is 127. The van der Waals surface area contributed by atoms with E-state index in [0.717, 1.165) is 0 Å². The van der Waals surface area contributed by atoms with Gasteiger partial charge in [0, 0.05) is 45.2 Å². The molecule has 128 valence electrons. The van der Waals surface area contributed by atoms with Gasteiger partial charge in [-0.05, 0) is 0 Å². The number of halogens is 14. The minimum Gasteiger partial charge on any atom is -0.266 e. The third-order valence-corrected chi connectivity index (χ3v) is 3.11. The Bertz CT molecular complexity index is 365. The normalized spacial score (nSPS) is 16.3. The van der Waals surface area contributed by atoms with Crippen molar-refractivity contribution >= 4 is 45.2 Å². The zero-order valence-electron chi connectivity index (χ0n) is 8.70. The molecule has 0 radical (unpaired) electrons. The number of hydrogen-bond donors (Lipinski definition) is 0. The lowest BCUT2D eigenvalue weighted by atomic mass is 10.2. The molecule has 15 heteroatoms. The summed E-state index contributed by atoms with van der Waals surface area (Å²) >= 11 is -1.02. The molecule has 0 fully saturated rings. The Kier molecular flexibility index (Phi) is 5.74. The molecule has 0 aliphatic carbocycles. The smallest absolute Gasteiger partial charge is 0.266 e. The monoisotopic (exact) mass is 570 g/mol. The molecule has 0 aliphatic heterocycles. The van der Waals surface area contributed by atoms with E-state index < -0.39 is 77.1 Å². The van der Waals surface area contributed by atoms with Crippen LogP contribution in [-0.4, -0.2) is 31.9 Å². The predicted octanol–water partition coefficient (Wildman–Crippen LogP) is 5.51. The molecule has 21 heavy (non-hydrogen) atoms. The molecule has 0 saturated heterocycles. The van der Waals surface area contributed by atoms with Crippen molar-refractivity contribution in [2.45, 2.75) is 31.9 Å². The molecule has 0 aromatic heterocycles. The van der Waals surface area contributed by atoms with E-state index in [2.05, 4.69) is 0 Å². The van der Waals surface area contributed by atoms with Crippen molar-refractivity contribution in [1.29, 1.82) is 0 Å². The molecule has 1 nitrogen and oxygen atoms in total. The van der Waals surface area contributed by atoms with Crippen LogP contribution in [0.2, 0.25) is 0 Å². The fourth-order valence-corrected chi connectivity index (χ4v) is 2.10. The summed E-state index contributed by atoms with van der Waals surface area (Å²) in [7, 11) is 0. The summed E-state index contributed by atoms with van der Waals surface area (Å²) in [6, 6.07) is 0. The fraction of sp³-hybridized carbons (Fsp3) is 1.00. The van der Waals surface area contributed by atoms with Crippen LogP contribution in [0.1, 0.15) is 0 Å². The summed E-state index contributed by atoms with van der Waals surface area (Å²) in [5.41, 5.74) is 0. The van der Waals surface area contributed by atoms with Crippen LogP contribution >= 0.6 is 45.2 Å². The quantitative estimate of drug-likeness (QED) is 0.241. The number of alkyl halides is 14. The second kappa shape index (κ2) is 5.59. The van der Waals surface area contributed by atoms with Gasteiger partial charge in [-0.25, -0.2) is 0 Å². The largest absolute Gasteiger partial charge is 0.462 e. The number of hydrogen-bond acceptors (Lipinski definition) is 1. The summed E-state index contributed by atoms with van der Waals surface area (Å²) in [5, 5.41) is 0. The van der Waals surface area contributed by atoms with E-state index in [4.69, 9.17) is 0 Å². The number of ether oxygens (including phenoxy) is 1. The van der Waals surface area contributed by atoms with Crippen LogP contribution in [0.15, 0.2) is 0 Å². The van der Waals surface area contributed by atoms with Gasteiger partial charge in [0.25, 0.3) is 0 Å². The molecule has 0 N–H and O–H groups in total. The highest BCUT2D eigenvalue weighted by molar-refractivity contribution is 14.1. The molecule has 0 bridgehead atoms. The Morgan fingerprint density at radius 2 is 0.857 bits per heavy atom. The Morgan fingerprint density at radius 3 is 1.05 bits per heavy atom. The van der Waals surface area contributed by atoms with Crippen molar-refractivity contribution in [3.8, 4) is 0 Å². The van der Waals surface area contributed by atoms with Gasteiger partial charge >= 0.3 is 31.9 Å². The molecule has 0 aromatic rings. The van der Waals surface area contributed by atoms with Crippen molar-refractivity contribution in [3.05, 3.63) is 0 Å². The van der Waals surface area contributed by atoms with E-state index in [9.17, 15) is 52.7 Å². The Balaban J connectivity index is 5.89. The maximum atomic E-state index is 13.3. The van der Waals surface area contributed by atoms with E-state index in [1.54, 1.807) is 0 Å². The first-order valence-electron chi connectivity index (χ1n) is 4.05. The second-order valence-electron chi connectivity index (χ2n) is 3.28. The minimum absolute atomic E-state index is 0.508. The predicted molar refractivity (Wildman–Crippen MR) is 58.8 cm³/mol. The van der Waals surface area contributed by atoms with Crippen LogP contribution in [-0.2, 0) is 4.74 Å². The number of rotatable bonds is 5. The molecule has 0 saturated carbocycles. The lowest BCUT2D eigenvalue weighted by Crippen LogP contribution is -2.62. The van der Waals surface area contributed by atoms with Gasteiger partial charge in [0.1, 0.15) is 0 Å². The zero-order chi connectivity index (χ0) is 17.7. The van der Waals surface area contributed by atoms with Gasteiger partial charge < -0.3 is 0 Å². The van der Waals surface area contributed by atoms with Crippen molar-refractivity contribution in [2.75, 3.05) is 0 Å². The first kappa shape index (κ1) is 21.6. The van der Waals surface area contributed by atoms with E-state index in [1.807, 2.05) is 4.74 Å². The molecule has 0 heterocycles. The van der Waals surface area contributed by atoms with Crippen molar-refractivity contribution < 1.29 is 57.4 Å². The molecule has 0 amide bonds. The molecule has 0 rings (SSSR count). The van der Waals surface area contributed by atoms with E-state index in [1.165, 1.54) is 0 Å². The molecule has 0 unspecified atom stereocenters. The SMILES string of the molecule is FC(F)(F)C(F)(F)C(F)(F)OC(F)(C(F)(F)I)C(F)(F)I. The van der Waals surface area contributed by atoms with Gasteiger partial charge in [-0.1, -0.05) is 0 Å². The van der Waals surface area contributed by atoms with Crippen LogP contribution in [0.4, 0.5) is 52.7 Å².